The zero-order valence-electron chi connectivity index (χ0n) is 14.3. The minimum atomic E-state index is -0.418. The summed E-state index contributed by atoms with van der Waals surface area (Å²) >= 11 is 1.35. The Hall–Kier alpha value is -2.34. The molecular weight excluding hydrogens is 338 g/mol. The first-order valence-corrected chi connectivity index (χ1v) is 9.26. The second-order valence-electron chi connectivity index (χ2n) is 5.92. The zero-order valence-corrected chi connectivity index (χ0v) is 15.2. The minimum Gasteiger partial charge on any atom is -0.497 e. The first-order valence-electron chi connectivity index (χ1n) is 8.38. The molecule has 25 heavy (non-hydrogen) atoms. The molecule has 1 N–H and O–H groups in total. The van der Waals surface area contributed by atoms with Crippen LogP contribution in [0.4, 0.5) is 5.00 Å². The number of methoxy groups -OCH3 is 1. The normalized spacial score (nSPS) is 13.8. The SMILES string of the molecule is CCOC(=O)c1c(-c2ccc(OC)cc2)csc1NC(=O)C1CCC1. The molecule has 3 rings (SSSR count). The van der Waals surface area contributed by atoms with Crippen LogP contribution in [0.3, 0.4) is 0 Å². The van der Waals surface area contributed by atoms with Crippen LogP contribution in [0.5, 0.6) is 5.75 Å². The topological polar surface area (TPSA) is 64.6 Å². The number of carbonyl (C=O) groups excluding carboxylic acids is 2. The number of esters is 1. The fourth-order valence-electron chi connectivity index (χ4n) is 2.72. The molecule has 1 aromatic heterocycles. The lowest BCUT2D eigenvalue weighted by Gasteiger charge is -2.23. The van der Waals surface area contributed by atoms with Gasteiger partial charge in [-0.3, -0.25) is 4.79 Å². The van der Waals surface area contributed by atoms with Crippen LogP contribution in [0.25, 0.3) is 11.1 Å². The predicted octanol–water partition coefficient (Wildman–Crippen LogP) is 4.34. The number of hydrogen-bond acceptors (Lipinski definition) is 5. The second-order valence-corrected chi connectivity index (χ2v) is 6.80. The van der Waals surface area contributed by atoms with Gasteiger partial charge < -0.3 is 14.8 Å². The van der Waals surface area contributed by atoms with Gasteiger partial charge in [0.2, 0.25) is 5.91 Å². The highest BCUT2D eigenvalue weighted by Gasteiger charge is 2.28. The van der Waals surface area contributed by atoms with E-state index in [1.54, 1.807) is 14.0 Å². The van der Waals surface area contributed by atoms with E-state index in [1.165, 1.54) is 11.3 Å². The highest BCUT2D eigenvalue weighted by molar-refractivity contribution is 7.15. The number of thiophene rings is 1. The van der Waals surface area contributed by atoms with E-state index in [2.05, 4.69) is 5.32 Å². The van der Waals surface area contributed by atoms with Crippen molar-refractivity contribution in [3.63, 3.8) is 0 Å². The summed E-state index contributed by atoms with van der Waals surface area (Å²) in [6.07, 6.45) is 2.92. The number of benzene rings is 1. The van der Waals surface area contributed by atoms with E-state index in [4.69, 9.17) is 9.47 Å². The molecule has 1 fully saturated rings. The van der Waals surface area contributed by atoms with Crippen molar-refractivity contribution in [2.24, 2.45) is 5.92 Å². The van der Waals surface area contributed by atoms with Crippen LogP contribution in [0.15, 0.2) is 29.6 Å². The molecule has 1 saturated carbocycles. The fourth-order valence-corrected chi connectivity index (χ4v) is 3.68. The molecule has 2 aromatic rings. The summed E-state index contributed by atoms with van der Waals surface area (Å²) in [7, 11) is 1.61. The Kier molecular flexibility index (Phi) is 5.38. The molecule has 1 aromatic carbocycles. The summed E-state index contributed by atoms with van der Waals surface area (Å²) < 4.78 is 10.4. The first kappa shape index (κ1) is 17.5. The number of carbonyl (C=O) groups is 2. The number of rotatable bonds is 6. The minimum absolute atomic E-state index is 0.0140. The van der Waals surface area contributed by atoms with Crippen LogP contribution in [0, 0.1) is 5.92 Å². The lowest BCUT2D eigenvalue weighted by atomic mass is 9.85. The molecule has 132 valence electrons. The third-order valence-electron chi connectivity index (χ3n) is 4.38. The van der Waals surface area contributed by atoms with Gasteiger partial charge in [0.1, 0.15) is 16.3 Å². The van der Waals surface area contributed by atoms with Crippen molar-refractivity contribution < 1.29 is 19.1 Å². The standard InChI is InChI=1S/C19H21NO4S/c1-3-24-19(22)16-15(12-7-9-14(23-2)10-8-12)11-25-18(16)20-17(21)13-5-4-6-13/h7-11,13H,3-6H2,1-2H3,(H,20,21). The molecular formula is C19H21NO4S. The molecule has 1 heterocycles. The number of amides is 1. The quantitative estimate of drug-likeness (QED) is 0.779. The smallest absolute Gasteiger partial charge is 0.341 e. The number of anilines is 1. The van der Waals surface area contributed by atoms with Gasteiger partial charge in [0.15, 0.2) is 0 Å². The molecule has 1 aliphatic rings. The van der Waals surface area contributed by atoms with Gasteiger partial charge in [0.05, 0.1) is 13.7 Å². The lowest BCUT2D eigenvalue weighted by molar-refractivity contribution is -0.122. The Bertz CT molecular complexity index is 762. The predicted molar refractivity (Wildman–Crippen MR) is 98.2 cm³/mol. The van der Waals surface area contributed by atoms with Gasteiger partial charge in [-0.2, -0.15) is 0 Å². The fraction of sp³-hybridized carbons (Fsp3) is 0.368. The Labute approximate surface area is 151 Å². The maximum atomic E-state index is 12.5. The van der Waals surface area contributed by atoms with Crippen molar-refractivity contribution in [1.29, 1.82) is 0 Å². The Morgan fingerprint density at radius 2 is 1.96 bits per heavy atom. The van der Waals surface area contributed by atoms with Crippen molar-refractivity contribution >= 4 is 28.2 Å². The summed E-state index contributed by atoms with van der Waals surface area (Å²) in [5.74, 6) is 0.371. The van der Waals surface area contributed by atoms with E-state index in [9.17, 15) is 9.59 Å². The van der Waals surface area contributed by atoms with Crippen LogP contribution < -0.4 is 10.1 Å². The molecule has 1 aliphatic carbocycles. The van der Waals surface area contributed by atoms with Crippen molar-refractivity contribution in [2.75, 3.05) is 19.0 Å². The van der Waals surface area contributed by atoms with Gasteiger partial charge in [0.25, 0.3) is 0 Å². The number of nitrogens with one attached hydrogen (secondary N) is 1. The molecule has 0 unspecified atom stereocenters. The molecule has 6 heteroatoms. The van der Waals surface area contributed by atoms with E-state index in [0.717, 1.165) is 36.1 Å². The van der Waals surface area contributed by atoms with E-state index >= 15 is 0 Å². The maximum Gasteiger partial charge on any atom is 0.341 e. The maximum absolute atomic E-state index is 12.5. The lowest BCUT2D eigenvalue weighted by Crippen LogP contribution is -2.28. The van der Waals surface area contributed by atoms with Crippen LogP contribution >= 0.6 is 11.3 Å². The molecule has 0 bridgehead atoms. The third-order valence-corrected chi connectivity index (χ3v) is 5.28. The summed E-state index contributed by atoms with van der Waals surface area (Å²) in [5, 5.41) is 5.35. The largest absolute Gasteiger partial charge is 0.497 e. The highest BCUT2D eigenvalue weighted by Crippen LogP contribution is 2.38. The van der Waals surface area contributed by atoms with Crippen LogP contribution in [-0.4, -0.2) is 25.6 Å². The van der Waals surface area contributed by atoms with Crippen LogP contribution in [-0.2, 0) is 9.53 Å². The molecule has 0 atom stereocenters. The average molecular weight is 359 g/mol. The van der Waals surface area contributed by atoms with Crippen molar-refractivity contribution in [1.82, 2.24) is 0 Å². The molecule has 0 saturated heterocycles. The van der Waals surface area contributed by atoms with Gasteiger partial charge in [-0.05, 0) is 37.5 Å². The Balaban J connectivity index is 1.93. The molecule has 0 spiro atoms. The van der Waals surface area contributed by atoms with Gasteiger partial charge in [0, 0.05) is 16.9 Å². The van der Waals surface area contributed by atoms with Crippen molar-refractivity contribution in [3.8, 4) is 16.9 Å². The first-order chi connectivity index (χ1) is 12.1. The molecule has 5 nitrogen and oxygen atoms in total. The highest BCUT2D eigenvalue weighted by atomic mass is 32.1. The van der Waals surface area contributed by atoms with Crippen molar-refractivity contribution in [3.05, 3.63) is 35.2 Å². The van der Waals surface area contributed by atoms with Gasteiger partial charge >= 0.3 is 5.97 Å². The van der Waals surface area contributed by atoms with E-state index in [-0.39, 0.29) is 18.4 Å². The number of ether oxygens (including phenoxy) is 2. The monoisotopic (exact) mass is 359 g/mol. The summed E-state index contributed by atoms with van der Waals surface area (Å²) in [4.78, 5) is 24.8. The van der Waals surface area contributed by atoms with Crippen LogP contribution in [0.1, 0.15) is 36.5 Å². The average Bonchev–Trinajstić information content (AvgIpc) is 2.97. The van der Waals surface area contributed by atoms with E-state index in [0.29, 0.717) is 10.6 Å². The molecule has 1 amide bonds. The van der Waals surface area contributed by atoms with Gasteiger partial charge in [-0.1, -0.05) is 18.6 Å². The molecule has 0 radical (unpaired) electrons. The Morgan fingerprint density at radius 3 is 2.52 bits per heavy atom. The van der Waals surface area contributed by atoms with Gasteiger partial charge in [-0.15, -0.1) is 11.3 Å². The number of hydrogen-bond donors (Lipinski definition) is 1. The van der Waals surface area contributed by atoms with Gasteiger partial charge in [-0.25, -0.2) is 4.79 Å². The molecule has 0 aliphatic heterocycles. The summed E-state index contributed by atoms with van der Waals surface area (Å²) in [5.41, 5.74) is 2.06. The van der Waals surface area contributed by atoms with E-state index < -0.39 is 5.97 Å². The van der Waals surface area contributed by atoms with Crippen LogP contribution in [0.2, 0.25) is 0 Å². The third kappa shape index (κ3) is 3.69. The van der Waals surface area contributed by atoms with E-state index in [1.807, 2.05) is 29.6 Å². The summed E-state index contributed by atoms with van der Waals surface area (Å²) in [6.45, 7) is 2.05. The Morgan fingerprint density at radius 1 is 1.24 bits per heavy atom. The summed E-state index contributed by atoms with van der Waals surface area (Å²) in [6, 6.07) is 7.46. The van der Waals surface area contributed by atoms with Crippen molar-refractivity contribution in [2.45, 2.75) is 26.2 Å². The second kappa shape index (κ2) is 7.70. The zero-order chi connectivity index (χ0) is 17.8.